The lowest BCUT2D eigenvalue weighted by Crippen LogP contribution is -2.20. The molecule has 1 nitrogen and oxygen atoms in total. The highest BCUT2D eigenvalue weighted by Gasteiger charge is 2.06. The van der Waals surface area contributed by atoms with Crippen LogP contribution >= 0.6 is 11.6 Å². The summed E-state index contributed by atoms with van der Waals surface area (Å²) >= 11 is 6.17. The third-order valence-corrected chi connectivity index (χ3v) is 2.48. The van der Waals surface area contributed by atoms with Crippen LogP contribution in [0.1, 0.15) is 25.0 Å². The van der Waals surface area contributed by atoms with E-state index < -0.39 is 0 Å². The molecule has 14 heavy (non-hydrogen) atoms. The zero-order chi connectivity index (χ0) is 10.7. The van der Waals surface area contributed by atoms with Crippen LogP contribution < -0.4 is 5.32 Å². The van der Waals surface area contributed by atoms with Gasteiger partial charge in [0.25, 0.3) is 0 Å². The van der Waals surface area contributed by atoms with E-state index in [0.717, 1.165) is 21.8 Å². The molecule has 0 atom stereocenters. The van der Waals surface area contributed by atoms with Crippen molar-refractivity contribution in [3.05, 3.63) is 40.9 Å². The van der Waals surface area contributed by atoms with Gasteiger partial charge in [-0.2, -0.15) is 0 Å². The van der Waals surface area contributed by atoms with Crippen molar-refractivity contribution in [1.82, 2.24) is 5.32 Å². The van der Waals surface area contributed by atoms with Crippen molar-refractivity contribution in [2.45, 2.75) is 26.8 Å². The van der Waals surface area contributed by atoms with Gasteiger partial charge in [0, 0.05) is 17.3 Å². The number of hydrogen-bond acceptors (Lipinski definition) is 1. The Kier molecular flexibility index (Phi) is 3.59. The standard InChI is InChI=1S/C12H16ClN/c1-8(2)14-10(4)11-7-5-6-9(3)12(11)13/h5-8,14H,4H2,1-3H3. The first kappa shape index (κ1) is 11.1. The normalized spacial score (nSPS) is 10.4. The number of nitrogens with one attached hydrogen (secondary N) is 1. The summed E-state index contributed by atoms with van der Waals surface area (Å²) in [6.45, 7) is 10.1. The van der Waals surface area contributed by atoms with E-state index in [1.54, 1.807) is 0 Å². The molecule has 1 aromatic rings. The monoisotopic (exact) mass is 209 g/mol. The van der Waals surface area contributed by atoms with Crippen molar-refractivity contribution >= 4 is 17.3 Å². The van der Waals surface area contributed by atoms with Gasteiger partial charge in [0.05, 0.1) is 5.02 Å². The van der Waals surface area contributed by atoms with Crippen molar-refractivity contribution < 1.29 is 0 Å². The van der Waals surface area contributed by atoms with Crippen LogP contribution in [0, 0.1) is 6.92 Å². The lowest BCUT2D eigenvalue weighted by molar-refractivity contribution is 0.718. The number of halogens is 1. The Morgan fingerprint density at radius 3 is 2.64 bits per heavy atom. The van der Waals surface area contributed by atoms with E-state index in [4.69, 9.17) is 11.6 Å². The second-order valence-electron chi connectivity index (χ2n) is 3.71. The first-order chi connectivity index (χ1) is 6.52. The number of hydrogen-bond donors (Lipinski definition) is 1. The predicted octanol–water partition coefficient (Wildman–Crippen LogP) is 3.62. The van der Waals surface area contributed by atoms with Crippen LogP contribution in [0.4, 0.5) is 0 Å². The average molecular weight is 210 g/mol. The molecule has 0 heterocycles. The summed E-state index contributed by atoms with van der Waals surface area (Å²) in [5.41, 5.74) is 2.95. The quantitative estimate of drug-likeness (QED) is 0.802. The molecule has 0 bridgehead atoms. The van der Waals surface area contributed by atoms with Gasteiger partial charge in [-0.25, -0.2) is 0 Å². The Labute approximate surface area is 90.8 Å². The molecule has 0 saturated carbocycles. The van der Waals surface area contributed by atoms with Crippen LogP contribution in [0.15, 0.2) is 24.8 Å². The average Bonchev–Trinajstić information content (AvgIpc) is 2.08. The Bertz CT molecular complexity index is 342. The van der Waals surface area contributed by atoms with E-state index in [0.29, 0.717) is 6.04 Å². The summed E-state index contributed by atoms with van der Waals surface area (Å²) in [6, 6.07) is 6.34. The van der Waals surface area contributed by atoms with Crippen LogP contribution in [0.3, 0.4) is 0 Å². The van der Waals surface area contributed by atoms with Gasteiger partial charge in [-0.3, -0.25) is 0 Å². The molecule has 0 unspecified atom stereocenters. The first-order valence-corrected chi connectivity index (χ1v) is 5.11. The van der Waals surface area contributed by atoms with Crippen molar-refractivity contribution in [3.8, 4) is 0 Å². The molecule has 0 aromatic heterocycles. The highest BCUT2D eigenvalue weighted by atomic mass is 35.5. The molecule has 2 heteroatoms. The molecule has 0 amide bonds. The smallest absolute Gasteiger partial charge is 0.0528 e. The largest absolute Gasteiger partial charge is 0.383 e. The number of benzene rings is 1. The first-order valence-electron chi connectivity index (χ1n) is 4.73. The number of aryl methyl sites for hydroxylation is 1. The summed E-state index contributed by atoms with van der Waals surface area (Å²) in [6.07, 6.45) is 0. The number of rotatable bonds is 3. The van der Waals surface area contributed by atoms with Gasteiger partial charge < -0.3 is 5.32 Å². The molecule has 1 rings (SSSR count). The van der Waals surface area contributed by atoms with Crippen molar-refractivity contribution in [3.63, 3.8) is 0 Å². The van der Waals surface area contributed by atoms with Crippen molar-refractivity contribution in [2.75, 3.05) is 0 Å². The SMILES string of the molecule is C=C(NC(C)C)c1cccc(C)c1Cl. The van der Waals surface area contributed by atoms with Gasteiger partial charge >= 0.3 is 0 Å². The second-order valence-corrected chi connectivity index (χ2v) is 4.09. The molecule has 0 aliphatic carbocycles. The van der Waals surface area contributed by atoms with Gasteiger partial charge in [0.15, 0.2) is 0 Å². The molecule has 1 aromatic carbocycles. The van der Waals surface area contributed by atoms with Crippen LogP contribution in [0.2, 0.25) is 5.02 Å². The van der Waals surface area contributed by atoms with Crippen molar-refractivity contribution in [1.29, 1.82) is 0 Å². The lowest BCUT2D eigenvalue weighted by atomic mass is 10.1. The molecule has 0 spiro atoms. The van der Waals surface area contributed by atoms with Gasteiger partial charge in [-0.05, 0) is 26.3 Å². The lowest BCUT2D eigenvalue weighted by Gasteiger charge is -2.14. The van der Waals surface area contributed by atoms with Crippen LogP contribution in [0.5, 0.6) is 0 Å². The molecule has 0 radical (unpaired) electrons. The molecular formula is C12H16ClN. The highest BCUT2D eigenvalue weighted by molar-refractivity contribution is 6.33. The summed E-state index contributed by atoms with van der Waals surface area (Å²) in [4.78, 5) is 0. The Morgan fingerprint density at radius 2 is 2.07 bits per heavy atom. The minimum Gasteiger partial charge on any atom is -0.383 e. The predicted molar refractivity (Wildman–Crippen MR) is 63.5 cm³/mol. The summed E-state index contributed by atoms with van der Waals surface area (Å²) in [5, 5.41) is 4.03. The Morgan fingerprint density at radius 1 is 1.43 bits per heavy atom. The van der Waals surface area contributed by atoms with E-state index in [2.05, 4.69) is 25.7 Å². The van der Waals surface area contributed by atoms with Crippen LogP contribution in [0.25, 0.3) is 5.70 Å². The fourth-order valence-electron chi connectivity index (χ4n) is 1.31. The van der Waals surface area contributed by atoms with Gasteiger partial charge in [-0.15, -0.1) is 0 Å². The molecule has 0 aliphatic rings. The van der Waals surface area contributed by atoms with Crippen LogP contribution in [-0.2, 0) is 0 Å². The maximum Gasteiger partial charge on any atom is 0.0528 e. The second kappa shape index (κ2) is 4.52. The Balaban J connectivity index is 2.96. The van der Waals surface area contributed by atoms with Gasteiger partial charge in [0.1, 0.15) is 0 Å². The molecular weight excluding hydrogens is 194 g/mol. The minimum atomic E-state index is 0.374. The maximum absolute atomic E-state index is 6.17. The summed E-state index contributed by atoms with van der Waals surface area (Å²) in [5.74, 6) is 0. The fourth-order valence-corrected chi connectivity index (χ4v) is 1.55. The summed E-state index contributed by atoms with van der Waals surface area (Å²) in [7, 11) is 0. The molecule has 1 N–H and O–H groups in total. The van der Waals surface area contributed by atoms with Crippen molar-refractivity contribution in [2.24, 2.45) is 0 Å². The van der Waals surface area contributed by atoms with E-state index in [9.17, 15) is 0 Å². The Hall–Kier alpha value is -0.950. The summed E-state index contributed by atoms with van der Waals surface area (Å²) < 4.78 is 0. The highest BCUT2D eigenvalue weighted by Crippen LogP contribution is 2.24. The van der Waals surface area contributed by atoms with E-state index in [-0.39, 0.29) is 0 Å². The molecule has 0 saturated heterocycles. The zero-order valence-corrected chi connectivity index (χ0v) is 9.65. The molecule has 0 aliphatic heterocycles. The van der Waals surface area contributed by atoms with E-state index in [1.807, 2.05) is 25.1 Å². The fraction of sp³-hybridized carbons (Fsp3) is 0.333. The van der Waals surface area contributed by atoms with E-state index >= 15 is 0 Å². The topological polar surface area (TPSA) is 12.0 Å². The third-order valence-electron chi connectivity index (χ3n) is 1.98. The maximum atomic E-state index is 6.17. The molecule has 0 fully saturated rings. The zero-order valence-electron chi connectivity index (χ0n) is 8.89. The minimum absolute atomic E-state index is 0.374. The van der Waals surface area contributed by atoms with Gasteiger partial charge in [-0.1, -0.05) is 36.4 Å². The van der Waals surface area contributed by atoms with Gasteiger partial charge in [0.2, 0.25) is 0 Å². The molecule has 76 valence electrons. The third kappa shape index (κ3) is 2.52. The van der Waals surface area contributed by atoms with E-state index in [1.165, 1.54) is 0 Å². The van der Waals surface area contributed by atoms with Crippen LogP contribution in [-0.4, -0.2) is 6.04 Å².